The fourth-order valence-corrected chi connectivity index (χ4v) is 4.19. The van der Waals surface area contributed by atoms with Crippen LogP contribution in [0.1, 0.15) is 57.1 Å². The van der Waals surface area contributed by atoms with Crippen LogP contribution in [0, 0.1) is 0 Å². The smallest absolute Gasteiger partial charge is 0 e. The first kappa shape index (κ1) is 28.7. The minimum Gasteiger partial charge on any atom is 0 e. The van der Waals surface area contributed by atoms with E-state index in [0.29, 0.717) is 22.7 Å². The average molecular weight is 494 g/mol. The fraction of sp³-hybridized carbons (Fsp3) is 0.269. The molecule has 3 nitrogen and oxygen atoms in total. The van der Waals surface area contributed by atoms with Crippen LogP contribution in [0.4, 0.5) is 0 Å². The molecule has 0 saturated carbocycles. The number of hydrogen-bond acceptors (Lipinski definition) is 3. The normalized spacial score (nSPS) is 11.5. The molecule has 0 spiro atoms. The summed E-state index contributed by atoms with van der Waals surface area (Å²) in [6.07, 6.45) is 5.54. The maximum atomic E-state index is 10.4. The van der Waals surface area contributed by atoms with E-state index in [1.807, 2.05) is 12.1 Å². The van der Waals surface area contributed by atoms with Crippen LogP contribution in [-0.4, -0.2) is 14.2 Å². The number of hydrogen-bond donors (Lipinski definition) is 0. The molecule has 0 aromatic heterocycles. The van der Waals surface area contributed by atoms with E-state index in [1.54, 1.807) is 18.2 Å². The minimum atomic E-state index is -3.59. The molecule has 0 amide bonds. The summed E-state index contributed by atoms with van der Waals surface area (Å²) < 4.78 is 5.06. The molecule has 163 valence electrons. The number of rotatable bonds is 3. The van der Waals surface area contributed by atoms with Gasteiger partial charge >= 0.3 is 69.5 Å². The summed E-state index contributed by atoms with van der Waals surface area (Å²) >= 11 is -3.59. The fourth-order valence-electron chi connectivity index (χ4n) is 2.54. The van der Waals surface area contributed by atoms with Crippen molar-refractivity contribution in [2.24, 2.45) is 0 Å². The molecule has 0 unspecified atom stereocenters. The van der Waals surface area contributed by atoms with Crippen LogP contribution in [0.15, 0.2) is 83.3 Å². The van der Waals surface area contributed by atoms with Gasteiger partial charge in [0.1, 0.15) is 0 Å². The first-order valence-corrected chi connectivity index (χ1v) is 12.4. The predicted octanol–water partition coefficient (Wildman–Crippen LogP) is 5.80. The maximum absolute atomic E-state index is 10.4. The van der Waals surface area contributed by atoms with Gasteiger partial charge in [0.25, 0.3) is 0 Å². The van der Waals surface area contributed by atoms with Crippen LogP contribution in [0.25, 0.3) is 0 Å². The van der Waals surface area contributed by atoms with Crippen LogP contribution < -0.4 is 0 Å². The van der Waals surface area contributed by atoms with Crippen LogP contribution >= 0.6 is 0 Å². The Morgan fingerprint density at radius 1 is 0.710 bits per heavy atom. The predicted molar refractivity (Wildman–Crippen MR) is 120 cm³/mol. The zero-order valence-corrected chi connectivity index (χ0v) is 21.0. The second-order valence-electron chi connectivity index (χ2n) is 7.26. The zero-order valence-electron chi connectivity index (χ0n) is 18.4. The largest absolute Gasteiger partial charge is 0 e. The molecular formula is C26H29Cr2O3. The summed E-state index contributed by atoms with van der Waals surface area (Å²) in [6, 6.07) is 21.0. The monoisotopic (exact) mass is 493 g/mol. The molecule has 0 heterocycles. The molecule has 0 aliphatic heterocycles. The minimum absolute atomic E-state index is 0. The third kappa shape index (κ3) is 9.60. The van der Waals surface area contributed by atoms with Crippen LogP contribution in [0.2, 0.25) is 0 Å². The molecule has 31 heavy (non-hydrogen) atoms. The Morgan fingerprint density at radius 2 is 1.10 bits per heavy atom. The number of benzene rings is 2. The van der Waals surface area contributed by atoms with Crippen molar-refractivity contribution >= 4 is 14.2 Å². The summed E-state index contributed by atoms with van der Waals surface area (Å²) in [6.45, 7) is 8.81. The summed E-state index contributed by atoms with van der Waals surface area (Å²) in [5.41, 5.74) is 2.83. The third-order valence-electron chi connectivity index (χ3n) is 4.44. The first-order chi connectivity index (χ1) is 14.4. The van der Waals surface area contributed by atoms with Gasteiger partial charge in [-0.2, -0.15) is 0 Å². The van der Waals surface area contributed by atoms with Gasteiger partial charge in [0.15, 0.2) is 0 Å². The van der Waals surface area contributed by atoms with Crippen molar-refractivity contribution in [3.8, 4) is 0 Å². The summed E-state index contributed by atoms with van der Waals surface area (Å²) in [5, 5.41) is 0. The second-order valence-corrected chi connectivity index (χ2v) is 10.8. The van der Waals surface area contributed by atoms with Crippen LogP contribution in [0.5, 0.6) is 0 Å². The first-order valence-electron chi connectivity index (χ1n) is 9.85. The average Bonchev–Trinajstić information content (AvgIpc) is 3.33. The van der Waals surface area contributed by atoms with Gasteiger partial charge in [0.2, 0.25) is 0 Å². The molecule has 0 atom stereocenters. The van der Waals surface area contributed by atoms with Gasteiger partial charge in [-0.1, -0.05) is 88.4 Å². The molecule has 2 aromatic carbocycles. The van der Waals surface area contributed by atoms with Gasteiger partial charge in [-0.3, -0.25) is 0 Å². The van der Waals surface area contributed by atoms with Crippen molar-refractivity contribution in [1.29, 1.82) is 0 Å². The Labute approximate surface area is 197 Å². The van der Waals surface area contributed by atoms with Crippen molar-refractivity contribution in [3.63, 3.8) is 0 Å². The van der Waals surface area contributed by atoms with E-state index in [2.05, 4.69) is 76.2 Å². The molecule has 0 saturated heterocycles. The van der Waals surface area contributed by atoms with Gasteiger partial charge in [-0.15, -0.1) is 0 Å². The Balaban J connectivity index is 0.000000435. The van der Waals surface area contributed by atoms with Gasteiger partial charge in [-0.05, 0) is 23.0 Å². The van der Waals surface area contributed by atoms with Crippen molar-refractivity contribution in [1.82, 2.24) is 0 Å². The maximum Gasteiger partial charge on any atom is 0 e. The molecule has 0 fully saturated rings. The number of carbonyl (C=O) groups excluding carboxylic acids is 3. The van der Waals surface area contributed by atoms with E-state index in [0.717, 1.165) is 0 Å². The molecule has 3 rings (SSSR count). The van der Waals surface area contributed by atoms with Crippen molar-refractivity contribution in [2.75, 3.05) is 0 Å². The summed E-state index contributed by atoms with van der Waals surface area (Å²) in [4.78, 5) is 31.3. The van der Waals surface area contributed by atoms with E-state index >= 15 is 0 Å². The van der Waals surface area contributed by atoms with Crippen LogP contribution in [0.3, 0.4) is 0 Å². The molecule has 5 heteroatoms. The third-order valence-corrected chi connectivity index (χ3v) is 7.31. The van der Waals surface area contributed by atoms with Gasteiger partial charge in [0, 0.05) is 17.4 Å². The molecule has 0 radical (unpaired) electrons. The topological polar surface area (TPSA) is 51.2 Å². The molecule has 0 bridgehead atoms. The van der Waals surface area contributed by atoms with Crippen molar-refractivity contribution in [2.45, 2.75) is 46.0 Å². The second kappa shape index (κ2) is 15.5. The van der Waals surface area contributed by atoms with E-state index < -0.39 is 11.8 Å². The Bertz CT molecular complexity index is 1020. The van der Waals surface area contributed by atoms with Crippen molar-refractivity contribution < 1.29 is 43.5 Å². The van der Waals surface area contributed by atoms with Crippen LogP contribution in [-0.2, 0) is 43.5 Å². The standard InChI is InChI=1S/2C9H12.C5H5.3CO.2Cr/c2*1-8(2)9-6-4-3-5-7-9;1-2-4-5-3-1;3*1-2;;/h2*3-8H,1-2H3;1-3H,4H2;;;;;. The molecule has 1 aliphatic rings. The summed E-state index contributed by atoms with van der Waals surface area (Å²) in [7, 11) is 0. The molecule has 2 aromatic rings. The van der Waals surface area contributed by atoms with Crippen molar-refractivity contribution in [3.05, 3.63) is 94.5 Å². The Hall–Kier alpha value is -2.28. The summed E-state index contributed by atoms with van der Waals surface area (Å²) in [5.74, 6) is 1.32. The van der Waals surface area contributed by atoms with Gasteiger partial charge < -0.3 is 0 Å². The SMILES string of the molecule is CC(C)c1ccccc1.CC(C)c1ccccc1.O=[C]=[Cr](=[C]=O)(=[C]=O)[C]1=CC=CC1.[Cr]. The quantitative estimate of drug-likeness (QED) is 0.543. The Kier molecular flexibility index (Phi) is 14.4. The van der Waals surface area contributed by atoms with E-state index in [9.17, 15) is 14.4 Å². The molecular weight excluding hydrogens is 464 g/mol. The molecule has 0 N–H and O–H groups in total. The van der Waals surface area contributed by atoms with E-state index in [1.165, 1.54) is 25.4 Å². The van der Waals surface area contributed by atoms with E-state index in [-0.39, 0.29) is 17.4 Å². The van der Waals surface area contributed by atoms with E-state index in [4.69, 9.17) is 0 Å². The van der Waals surface area contributed by atoms with Gasteiger partial charge in [-0.25, -0.2) is 0 Å². The zero-order chi connectivity index (χ0) is 22.4. The number of allylic oxidation sites excluding steroid dienone is 4. The van der Waals surface area contributed by atoms with Gasteiger partial charge in [0.05, 0.1) is 0 Å². The Morgan fingerprint density at radius 3 is 1.32 bits per heavy atom. The molecule has 1 aliphatic carbocycles.